The standard InChI is InChI=1S/C14H17Cl/c1-9(2)14(12(5)15)13-7-10(3)6-11(4)8-13/h6-8H,1H2,2-5H3/b14-12-. The highest BCUT2D eigenvalue weighted by atomic mass is 35.5. The summed E-state index contributed by atoms with van der Waals surface area (Å²) in [5, 5.41) is 0.799. The van der Waals surface area contributed by atoms with Crippen molar-refractivity contribution in [2.75, 3.05) is 0 Å². The molecule has 0 radical (unpaired) electrons. The second-order valence-corrected chi connectivity index (χ2v) is 4.63. The maximum absolute atomic E-state index is 6.10. The first-order chi connectivity index (χ1) is 6.91. The largest absolute Gasteiger partial charge is 0.0955 e. The van der Waals surface area contributed by atoms with Crippen molar-refractivity contribution in [2.24, 2.45) is 0 Å². The van der Waals surface area contributed by atoms with Gasteiger partial charge in [-0.1, -0.05) is 47.5 Å². The molecule has 0 saturated carbocycles. The molecule has 0 saturated heterocycles. The molecular weight excluding hydrogens is 204 g/mol. The van der Waals surface area contributed by atoms with Gasteiger partial charge in [0.05, 0.1) is 0 Å². The third-order valence-electron chi connectivity index (χ3n) is 2.28. The lowest BCUT2D eigenvalue weighted by Crippen LogP contribution is -1.90. The second-order valence-electron chi connectivity index (χ2n) is 4.07. The molecule has 0 fully saturated rings. The summed E-state index contributed by atoms with van der Waals surface area (Å²) >= 11 is 6.10. The Morgan fingerprint density at radius 2 is 1.53 bits per heavy atom. The smallest absolute Gasteiger partial charge is 0.0230 e. The van der Waals surface area contributed by atoms with Gasteiger partial charge in [0.15, 0.2) is 0 Å². The lowest BCUT2D eigenvalue weighted by atomic mass is 9.96. The number of hydrogen-bond acceptors (Lipinski definition) is 0. The molecule has 0 aromatic heterocycles. The monoisotopic (exact) mass is 220 g/mol. The number of rotatable bonds is 2. The average Bonchev–Trinajstić information content (AvgIpc) is 1.99. The molecule has 0 amide bonds. The van der Waals surface area contributed by atoms with Gasteiger partial charge in [-0.2, -0.15) is 0 Å². The van der Waals surface area contributed by atoms with Gasteiger partial charge in [0, 0.05) is 5.03 Å². The molecule has 15 heavy (non-hydrogen) atoms. The Labute approximate surface area is 97.3 Å². The molecule has 1 rings (SSSR count). The molecule has 0 nitrogen and oxygen atoms in total. The van der Waals surface area contributed by atoms with E-state index in [1.807, 2.05) is 13.8 Å². The van der Waals surface area contributed by atoms with Crippen LogP contribution >= 0.6 is 11.6 Å². The van der Waals surface area contributed by atoms with Gasteiger partial charge in [0.1, 0.15) is 0 Å². The summed E-state index contributed by atoms with van der Waals surface area (Å²) < 4.78 is 0. The van der Waals surface area contributed by atoms with Crippen LogP contribution in [0.2, 0.25) is 0 Å². The normalized spacial score (nSPS) is 12.3. The lowest BCUT2D eigenvalue weighted by molar-refractivity contribution is 1.35. The fourth-order valence-corrected chi connectivity index (χ4v) is 2.13. The van der Waals surface area contributed by atoms with Crippen molar-refractivity contribution in [3.05, 3.63) is 52.1 Å². The van der Waals surface area contributed by atoms with E-state index in [0.29, 0.717) is 0 Å². The fraction of sp³-hybridized carbons (Fsp3) is 0.286. The summed E-state index contributed by atoms with van der Waals surface area (Å²) in [5.74, 6) is 0. The predicted octanol–water partition coefficient (Wildman–Crippen LogP) is 4.85. The molecule has 0 heterocycles. The molecule has 1 aromatic carbocycles. The van der Waals surface area contributed by atoms with Crippen LogP contribution in [-0.2, 0) is 0 Å². The van der Waals surface area contributed by atoms with Crippen LogP contribution in [0.5, 0.6) is 0 Å². The molecule has 1 aromatic rings. The summed E-state index contributed by atoms with van der Waals surface area (Å²) in [5.41, 5.74) is 5.73. The second kappa shape index (κ2) is 4.67. The first-order valence-corrected chi connectivity index (χ1v) is 5.40. The predicted molar refractivity (Wildman–Crippen MR) is 69.2 cm³/mol. The Kier molecular flexibility index (Phi) is 3.76. The van der Waals surface area contributed by atoms with Crippen molar-refractivity contribution < 1.29 is 0 Å². The summed E-state index contributed by atoms with van der Waals surface area (Å²) in [7, 11) is 0. The van der Waals surface area contributed by atoms with E-state index in [1.165, 1.54) is 11.1 Å². The highest BCUT2D eigenvalue weighted by molar-refractivity contribution is 6.33. The first kappa shape index (κ1) is 12.1. The molecule has 80 valence electrons. The lowest BCUT2D eigenvalue weighted by Gasteiger charge is -2.11. The summed E-state index contributed by atoms with van der Waals surface area (Å²) in [6.07, 6.45) is 0. The van der Waals surface area contributed by atoms with E-state index in [0.717, 1.165) is 21.7 Å². The van der Waals surface area contributed by atoms with Crippen molar-refractivity contribution in [2.45, 2.75) is 27.7 Å². The zero-order valence-electron chi connectivity index (χ0n) is 9.82. The van der Waals surface area contributed by atoms with E-state index in [4.69, 9.17) is 11.6 Å². The minimum absolute atomic E-state index is 0.799. The maximum atomic E-state index is 6.10. The number of aryl methyl sites for hydroxylation is 2. The molecule has 0 aliphatic carbocycles. The Hall–Kier alpha value is -1.01. The molecule has 0 spiro atoms. The minimum atomic E-state index is 0.799. The fourth-order valence-electron chi connectivity index (χ4n) is 1.86. The van der Waals surface area contributed by atoms with Gasteiger partial charge in [0.2, 0.25) is 0 Å². The molecule has 0 bridgehead atoms. The summed E-state index contributed by atoms with van der Waals surface area (Å²) in [6.45, 7) is 12.0. The van der Waals surface area contributed by atoms with E-state index in [9.17, 15) is 0 Å². The zero-order chi connectivity index (χ0) is 11.6. The van der Waals surface area contributed by atoms with Crippen LogP contribution < -0.4 is 0 Å². The van der Waals surface area contributed by atoms with Crippen molar-refractivity contribution in [1.29, 1.82) is 0 Å². The molecule has 0 unspecified atom stereocenters. The summed E-state index contributed by atoms with van der Waals surface area (Å²) in [4.78, 5) is 0. The Bertz CT molecular complexity index is 401. The van der Waals surface area contributed by atoms with E-state index in [2.05, 4.69) is 38.6 Å². The van der Waals surface area contributed by atoms with Gasteiger partial charge in [-0.05, 0) is 44.4 Å². The van der Waals surface area contributed by atoms with Crippen LogP contribution in [0.3, 0.4) is 0 Å². The molecule has 1 heteroatoms. The number of benzene rings is 1. The van der Waals surface area contributed by atoms with Gasteiger partial charge < -0.3 is 0 Å². The Morgan fingerprint density at radius 1 is 1.07 bits per heavy atom. The van der Waals surface area contributed by atoms with E-state index < -0.39 is 0 Å². The van der Waals surface area contributed by atoms with Crippen LogP contribution in [0.25, 0.3) is 5.57 Å². The molecule has 0 aliphatic heterocycles. The zero-order valence-corrected chi connectivity index (χ0v) is 10.6. The third kappa shape index (κ3) is 2.97. The third-order valence-corrected chi connectivity index (χ3v) is 2.47. The van der Waals surface area contributed by atoms with Gasteiger partial charge in [0.25, 0.3) is 0 Å². The number of halogens is 1. The highest BCUT2D eigenvalue weighted by Gasteiger charge is 2.06. The van der Waals surface area contributed by atoms with Crippen molar-refractivity contribution >= 4 is 17.2 Å². The van der Waals surface area contributed by atoms with E-state index in [-0.39, 0.29) is 0 Å². The van der Waals surface area contributed by atoms with Crippen LogP contribution in [0, 0.1) is 13.8 Å². The maximum Gasteiger partial charge on any atom is 0.0230 e. The Morgan fingerprint density at radius 3 is 1.87 bits per heavy atom. The van der Waals surface area contributed by atoms with Crippen LogP contribution in [-0.4, -0.2) is 0 Å². The average molecular weight is 221 g/mol. The first-order valence-electron chi connectivity index (χ1n) is 5.02. The summed E-state index contributed by atoms with van der Waals surface area (Å²) in [6, 6.07) is 6.44. The van der Waals surface area contributed by atoms with Gasteiger partial charge in [-0.15, -0.1) is 0 Å². The van der Waals surface area contributed by atoms with Crippen molar-refractivity contribution in [3.8, 4) is 0 Å². The van der Waals surface area contributed by atoms with Crippen LogP contribution in [0.1, 0.15) is 30.5 Å². The minimum Gasteiger partial charge on any atom is -0.0955 e. The van der Waals surface area contributed by atoms with E-state index in [1.54, 1.807) is 0 Å². The number of allylic oxidation sites excluding steroid dienone is 3. The number of hydrogen-bond donors (Lipinski definition) is 0. The van der Waals surface area contributed by atoms with Crippen LogP contribution in [0.15, 0.2) is 35.4 Å². The molecule has 0 aliphatic rings. The quantitative estimate of drug-likeness (QED) is 0.625. The highest BCUT2D eigenvalue weighted by Crippen LogP contribution is 2.28. The molecular formula is C14H17Cl. The topological polar surface area (TPSA) is 0 Å². The Balaban J connectivity index is 3.37. The van der Waals surface area contributed by atoms with Crippen molar-refractivity contribution in [1.82, 2.24) is 0 Å². The molecule has 0 N–H and O–H groups in total. The van der Waals surface area contributed by atoms with Gasteiger partial charge >= 0.3 is 0 Å². The SMILES string of the molecule is C=C(C)/C(=C(\C)Cl)c1cc(C)cc(C)c1. The van der Waals surface area contributed by atoms with Crippen molar-refractivity contribution in [3.63, 3.8) is 0 Å². The van der Waals surface area contributed by atoms with Gasteiger partial charge in [-0.25, -0.2) is 0 Å². The molecule has 0 atom stereocenters. The van der Waals surface area contributed by atoms with E-state index >= 15 is 0 Å². The van der Waals surface area contributed by atoms with Crippen LogP contribution in [0.4, 0.5) is 0 Å². The van der Waals surface area contributed by atoms with Gasteiger partial charge in [-0.3, -0.25) is 0 Å².